The third-order valence-corrected chi connectivity index (χ3v) is 9.49. The van der Waals surface area contributed by atoms with E-state index < -0.39 is 33.4 Å². The molecule has 0 aromatic rings. The predicted octanol–water partition coefficient (Wildman–Crippen LogP) is 2.78. The maximum atomic E-state index is 14.3. The Morgan fingerprint density at radius 1 is 1.12 bits per heavy atom. The minimum Gasteiger partial charge on any atom is -0.465 e. The van der Waals surface area contributed by atoms with E-state index in [0.717, 1.165) is 12.8 Å². The van der Waals surface area contributed by atoms with Crippen LogP contribution in [0.15, 0.2) is 24.3 Å². The summed E-state index contributed by atoms with van der Waals surface area (Å²) in [6, 6.07) is -1.30. The number of thioether (sulfide) groups is 1. The smallest absolute Gasteiger partial charge is 0.311 e. The number of hydrogen-bond acceptors (Lipinski definition) is 6. The largest absolute Gasteiger partial charge is 0.465 e. The van der Waals surface area contributed by atoms with Crippen molar-refractivity contribution >= 4 is 29.5 Å². The number of carbonyl (C=O) groups is 3. The summed E-state index contributed by atoms with van der Waals surface area (Å²) in [4.78, 5) is 45.2. The van der Waals surface area contributed by atoms with Gasteiger partial charge in [0.15, 0.2) is 0 Å². The molecule has 4 aliphatic rings. The van der Waals surface area contributed by atoms with Crippen molar-refractivity contribution in [3.63, 3.8) is 0 Å². The molecule has 34 heavy (non-hydrogen) atoms. The van der Waals surface area contributed by atoms with Crippen LogP contribution in [-0.2, 0) is 19.1 Å². The number of esters is 1. The molecule has 4 heterocycles. The first-order valence-electron chi connectivity index (χ1n) is 12.5. The molecule has 2 fully saturated rings. The number of likely N-dealkylation sites (tertiary alicyclic amines) is 1. The number of allylic oxidation sites excluding steroid dienone is 1. The highest BCUT2D eigenvalue weighted by atomic mass is 32.2. The van der Waals surface area contributed by atoms with Crippen LogP contribution >= 0.6 is 11.8 Å². The minimum absolute atomic E-state index is 0.0370. The Morgan fingerprint density at radius 2 is 1.85 bits per heavy atom. The molecule has 1 spiro atoms. The number of aliphatic hydroxyl groups excluding tert-OH is 1. The molecule has 4 rings (SSSR count). The van der Waals surface area contributed by atoms with Crippen molar-refractivity contribution in [2.75, 3.05) is 19.8 Å². The molecule has 4 aliphatic heterocycles. The average molecular weight is 491 g/mol. The molecule has 6 atom stereocenters. The lowest BCUT2D eigenvalue weighted by Crippen LogP contribution is -2.57. The van der Waals surface area contributed by atoms with Gasteiger partial charge in [-0.25, -0.2) is 0 Å². The summed E-state index contributed by atoms with van der Waals surface area (Å²) in [5.41, 5.74) is 0. The zero-order valence-corrected chi connectivity index (χ0v) is 21.7. The number of nitrogens with zero attached hydrogens (tertiary/aromatic N) is 2. The van der Waals surface area contributed by atoms with Gasteiger partial charge in [0.25, 0.3) is 0 Å². The number of hydrogen-bond donors (Lipinski definition) is 1. The van der Waals surface area contributed by atoms with Gasteiger partial charge in [0.1, 0.15) is 6.04 Å². The van der Waals surface area contributed by atoms with Crippen LogP contribution in [0.2, 0.25) is 0 Å². The lowest BCUT2D eigenvalue weighted by molar-refractivity contribution is -0.154. The van der Waals surface area contributed by atoms with Gasteiger partial charge in [0, 0.05) is 17.3 Å². The lowest BCUT2D eigenvalue weighted by Gasteiger charge is -2.40. The van der Waals surface area contributed by atoms with Crippen LogP contribution in [0.4, 0.5) is 0 Å². The molecule has 0 bridgehead atoms. The Bertz CT molecular complexity index is 902. The van der Waals surface area contributed by atoms with Gasteiger partial charge in [-0.3, -0.25) is 14.4 Å². The number of ether oxygens (including phenoxy) is 1. The summed E-state index contributed by atoms with van der Waals surface area (Å²) in [6.07, 6.45) is 10.3. The predicted molar refractivity (Wildman–Crippen MR) is 132 cm³/mol. The number of cyclic esters (lactones) is 1. The van der Waals surface area contributed by atoms with Gasteiger partial charge < -0.3 is 19.6 Å². The van der Waals surface area contributed by atoms with Gasteiger partial charge in [0.2, 0.25) is 11.8 Å². The van der Waals surface area contributed by atoms with E-state index in [9.17, 15) is 19.5 Å². The highest BCUT2D eigenvalue weighted by Crippen LogP contribution is 2.65. The van der Waals surface area contributed by atoms with Crippen LogP contribution in [0.3, 0.4) is 0 Å². The number of amides is 2. The second kappa shape index (κ2) is 9.34. The van der Waals surface area contributed by atoms with Gasteiger partial charge in [0.05, 0.1) is 35.8 Å². The molecule has 1 N–H and O–H groups in total. The van der Waals surface area contributed by atoms with E-state index in [2.05, 4.69) is 12.2 Å². The molecule has 2 amide bonds. The normalized spacial score (nSPS) is 37.5. The van der Waals surface area contributed by atoms with Crippen molar-refractivity contribution in [1.29, 1.82) is 0 Å². The van der Waals surface area contributed by atoms with Crippen LogP contribution < -0.4 is 0 Å². The first-order chi connectivity index (χ1) is 16.1. The topological polar surface area (TPSA) is 87.2 Å². The summed E-state index contributed by atoms with van der Waals surface area (Å²) < 4.78 is 4.08. The molecule has 7 nitrogen and oxygen atoms in total. The van der Waals surface area contributed by atoms with Crippen LogP contribution in [0.5, 0.6) is 0 Å². The Labute approximate surface area is 206 Å². The highest BCUT2D eigenvalue weighted by molar-refractivity contribution is 8.02. The van der Waals surface area contributed by atoms with E-state index in [4.69, 9.17) is 4.74 Å². The fraction of sp³-hybridized carbons (Fsp3) is 0.731. The first-order valence-corrected chi connectivity index (χ1v) is 13.3. The van der Waals surface area contributed by atoms with Crippen molar-refractivity contribution in [3.8, 4) is 0 Å². The van der Waals surface area contributed by atoms with Gasteiger partial charge in [-0.1, -0.05) is 38.2 Å². The highest BCUT2D eigenvalue weighted by Gasteiger charge is 2.74. The first kappa shape index (κ1) is 25.3. The summed E-state index contributed by atoms with van der Waals surface area (Å²) in [6.45, 7) is 10.6. The molecule has 0 saturated carbocycles. The molecule has 0 aromatic carbocycles. The second-order valence-corrected chi connectivity index (χ2v) is 12.7. The van der Waals surface area contributed by atoms with Crippen molar-refractivity contribution in [3.05, 3.63) is 24.3 Å². The summed E-state index contributed by atoms with van der Waals surface area (Å²) in [7, 11) is 0. The number of fused-ring (bicyclic) bond motifs is 2. The summed E-state index contributed by atoms with van der Waals surface area (Å²) >= 11 is 1.55. The van der Waals surface area contributed by atoms with Crippen LogP contribution in [0, 0.1) is 17.8 Å². The Balaban J connectivity index is 1.90. The monoisotopic (exact) mass is 490 g/mol. The molecule has 2 saturated heterocycles. The van der Waals surface area contributed by atoms with E-state index in [0.29, 0.717) is 19.6 Å². The van der Waals surface area contributed by atoms with Crippen LogP contribution in [0.1, 0.15) is 53.9 Å². The summed E-state index contributed by atoms with van der Waals surface area (Å²) in [5, 5.41) is 10.3. The zero-order chi connectivity index (χ0) is 24.8. The van der Waals surface area contributed by atoms with E-state index in [1.807, 2.05) is 46.8 Å². The SMILES string of the molecule is CC(C)C[C@H](CO)N1C(=O)[C@@H]2[C@@H]3C(=O)OCCC/C=C\[C@]3(C)S[C@@]23C=CCN(C(C)C)C(=O)C13. The molecular weight excluding hydrogens is 452 g/mol. The molecule has 0 aliphatic carbocycles. The third kappa shape index (κ3) is 3.91. The molecule has 8 heteroatoms. The quantitative estimate of drug-likeness (QED) is 0.471. The second-order valence-electron chi connectivity index (χ2n) is 10.9. The van der Waals surface area contributed by atoms with Gasteiger partial charge in [-0.2, -0.15) is 0 Å². The van der Waals surface area contributed by atoms with E-state index in [1.165, 1.54) is 0 Å². The average Bonchev–Trinajstić information content (AvgIpc) is 3.11. The maximum absolute atomic E-state index is 14.3. The molecule has 0 aromatic heterocycles. The van der Waals surface area contributed by atoms with E-state index in [1.54, 1.807) is 21.6 Å². The van der Waals surface area contributed by atoms with Crippen molar-refractivity contribution in [1.82, 2.24) is 9.80 Å². The Morgan fingerprint density at radius 3 is 2.50 bits per heavy atom. The van der Waals surface area contributed by atoms with E-state index in [-0.39, 0.29) is 36.4 Å². The van der Waals surface area contributed by atoms with Crippen molar-refractivity contribution in [2.24, 2.45) is 17.8 Å². The van der Waals surface area contributed by atoms with Crippen molar-refractivity contribution < 1.29 is 24.2 Å². The minimum atomic E-state index is -0.899. The van der Waals surface area contributed by atoms with Gasteiger partial charge >= 0.3 is 5.97 Å². The standard InChI is InChI=1S/C26H38N2O5S/c1-16(2)14-18(15-29)28-21-23(31)27(17(3)4)12-9-11-26(21)19(22(28)30)20-24(32)33-13-8-6-7-10-25(20,5)34-26/h7,9-11,16-21,29H,6,8,12-15H2,1-5H3/b10-7-/t18-,19+,20-,21?,25+,26+/m1/s1. The third-order valence-electron chi connectivity index (χ3n) is 7.69. The molecular formula is C26H38N2O5S. The molecule has 188 valence electrons. The summed E-state index contributed by atoms with van der Waals surface area (Å²) in [5.74, 6) is -1.90. The van der Waals surface area contributed by atoms with Crippen LogP contribution in [-0.4, -0.2) is 80.1 Å². The number of carbonyl (C=O) groups excluding carboxylic acids is 3. The maximum Gasteiger partial charge on any atom is 0.311 e. The van der Waals surface area contributed by atoms with Crippen LogP contribution in [0.25, 0.3) is 0 Å². The van der Waals surface area contributed by atoms with Gasteiger partial charge in [-0.15, -0.1) is 11.8 Å². The Kier molecular flexibility index (Phi) is 6.95. The Hall–Kier alpha value is -1.80. The van der Waals surface area contributed by atoms with E-state index >= 15 is 0 Å². The number of aliphatic hydroxyl groups is 1. The zero-order valence-electron chi connectivity index (χ0n) is 20.9. The fourth-order valence-electron chi connectivity index (χ4n) is 6.27. The van der Waals surface area contributed by atoms with Crippen molar-refractivity contribution in [2.45, 2.75) is 81.5 Å². The lowest BCUT2D eigenvalue weighted by atomic mass is 9.74. The fourth-order valence-corrected chi connectivity index (χ4v) is 8.41. The molecule has 1 unspecified atom stereocenters. The van der Waals surface area contributed by atoms with Gasteiger partial charge in [-0.05, 0) is 46.0 Å². The molecule has 0 radical (unpaired) electrons. The number of rotatable bonds is 5.